The summed E-state index contributed by atoms with van der Waals surface area (Å²) < 4.78 is 0. The quantitative estimate of drug-likeness (QED) is 0.832. The number of anilines is 1. The lowest BCUT2D eigenvalue weighted by Crippen LogP contribution is -2.14. The third kappa shape index (κ3) is 4.11. The molecule has 0 saturated heterocycles. The van der Waals surface area contributed by atoms with Crippen molar-refractivity contribution in [2.75, 3.05) is 11.9 Å². The second-order valence-electron chi connectivity index (χ2n) is 5.17. The number of nitrogens with one attached hydrogen (secondary N) is 1. The van der Waals surface area contributed by atoms with Gasteiger partial charge in [-0.2, -0.15) is 5.26 Å². The van der Waals surface area contributed by atoms with Gasteiger partial charge in [-0.3, -0.25) is 0 Å². The van der Waals surface area contributed by atoms with Crippen LogP contribution in [0.25, 0.3) is 0 Å². The Kier molecular flexibility index (Phi) is 4.57. The average molecular weight is 230 g/mol. The summed E-state index contributed by atoms with van der Waals surface area (Å²) >= 11 is 0. The van der Waals surface area contributed by atoms with Crippen molar-refractivity contribution in [3.8, 4) is 6.07 Å². The fourth-order valence-corrected chi connectivity index (χ4v) is 1.78. The number of hydrogen-bond acceptors (Lipinski definition) is 2. The van der Waals surface area contributed by atoms with Crippen LogP contribution in [0, 0.1) is 23.7 Å². The molecular weight excluding hydrogens is 208 g/mol. The molecule has 0 fully saturated rings. The molecular formula is C15H22N2. The normalized spacial score (nSPS) is 11.0. The first-order chi connectivity index (χ1) is 7.98. The molecule has 2 nitrogen and oxygen atoms in total. The minimum absolute atomic E-state index is 0.245. The van der Waals surface area contributed by atoms with Crippen LogP contribution in [0.1, 0.15) is 38.3 Å². The third-order valence-corrected chi connectivity index (χ3v) is 3.11. The molecule has 92 valence electrons. The van der Waals surface area contributed by atoms with Gasteiger partial charge in [0.2, 0.25) is 0 Å². The zero-order chi connectivity index (χ0) is 12.9. The lowest BCUT2D eigenvalue weighted by Gasteiger charge is -2.16. The molecule has 1 aromatic carbocycles. The maximum absolute atomic E-state index is 8.93. The average Bonchev–Trinajstić information content (AvgIpc) is 2.29. The third-order valence-electron chi connectivity index (χ3n) is 3.11. The first kappa shape index (κ1) is 13.6. The summed E-state index contributed by atoms with van der Waals surface area (Å²) in [7, 11) is 0. The minimum Gasteiger partial charge on any atom is -0.385 e. The molecule has 0 bridgehead atoms. The van der Waals surface area contributed by atoms with Gasteiger partial charge in [-0.05, 0) is 56.9 Å². The van der Waals surface area contributed by atoms with Crippen molar-refractivity contribution < 1.29 is 0 Å². The van der Waals surface area contributed by atoms with Gasteiger partial charge >= 0.3 is 0 Å². The standard InChI is InChI=1S/C15H22N2/c1-5-13-6-7-14(10-12(13)2)17-9-8-15(3,4)11-16/h6-7,10,17H,5,8-9H2,1-4H3. The molecule has 1 N–H and O–H groups in total. The Morgan fingerprint density at radius 2 is 2.06 bits per heavy atom. The zero-order valence-electron chi connectivity index (χ0n) is 11.3. The summed E-state index contributed by atoms with van der Waals surface area (Å²) in [6.07, 6.45) is 1.94. The Morgan fingerprint density at radius 1 is 1.35 bits per heavy atom. The van der Waals surface area contributed by atoms with Gasteiger partial charge in [0.1, 0.15) is 0 Å². The van der Waals surface area contributed by atoms with Crippen LogP contribution in [-0.2, 0) is 6.42 Å². The minimum atomic E-state index is -0.245. The lowest BCUT2D eigenvalue weighted by atomic mass is 9.91. The fourth-order valence-electron chi connectivity index (χ4n) is 1.78. The van der Waals surface area contributed by atoms with E-state index >= 15 is 0 Å². The van der Waals surface area contributed by atoms with Crippen molar-refractivity contribution in [3.63, 3.8) is 0 Å². The molecule has 1 rings (SSSR count). The highest BCUT2D eigenvalue weighted by Crippen LogP contribution is 2.20. The molecule has 0 radical (unpaired) electrons. The second kappa shape index (κ2) is 5.72. The van der Waals surface area contributed by atoms with Crippen LogP contribution in [0.2, 0.25) is 0 Å². The van der Waals surface area contributed by atoms with Crippen molar-refractivity contribution >= 4 is 5.69 Å². The Morgan fingerprint density at radius 3 is 2.59 bits per heavy atom. The van der Waals surface area contributed by atoms with E-state index in [0.29, 0.717) is 0 Å². The summed E-state index contributed by atoms with van der Waals surface area (Å²) in [5.74, 6) is 0. The van der Waals surface area contributed by atoms with Crippen molar-refractivity contribution in [2.24, 2.45) is 5.41 Å². The Labute approximate surface area is 105 Å². The molecule has 0 atom stereocenters. The van der Waals surface area contributed by atoms with Crippen LogP contribution in [0.15, 0.2) is 18.2 Å². The van der Waals surface area contributed by atoms with E-state index < -0.39 is 0 Å². The SMILES string of the molecule is CCc1ccc(NCCC(C)(C)C#N)cc1C. The molecule has 0 aliphatic rings. The van der Waals surface area contributed by atoms with Gasteiger partial charge in [-0.1, -0.05) is 13.0 Å². The highest BCUT2D eigenvalue weighted by atomic mass is 14.9. The lowest BCUT2D eigenvalue weighted by molar-refractivity contribution is 0.466. The van der Waals surface area contributed by atoms with Crippen molar-refractivity contribution in [1.29, 1.82) is 5.26 Å². The van der Waals surface area contributed by atoms with Crippen LogP contribution in [0.4, 0.5) is 5.69 Å². The molecule has 0 aliphatic heterocycles. The fraction of sp³-hybridized carbons (Fsp3) is 0.533. The summed E-state index contributed by atoms with van der Waals surface area (Å²) in [6.45, 7) is 9.10. The van der Waals surface area contributed by atoms with Gasteiger partial charge in [0.25, 0.3) is 0 Å². The topological polar surface area (TPSA) is 35.8 Å². The maximum atomic E-state index is 8.93. The van der Waals surface area contributed by atoms with Crippen molar-refractivity contribution in [2.45, 2.75) is 40.5 Å². The van der Waals surface area contributed by atoms with E-state index in [1.54, 1.807) is 0 Å². The van der Waals surface area contributed by atoms with Crippen LogP contribution in [-0.4, -0.2) is 6.54 Å². The van der Waals surface area contributed by atoms with Crippen molar-refractivity contribution in [1.82, 2.24) is 0 Å². The maximum Gasteiger partial charge on any atom is 0.0684 e. The van der Waals surface area contributed by atoms with Gasteiger partial charge in [-0.25, -0.2) is 0 Å². The highest BCUT2D eigenvalue weighted by molar-refractivity contribution is 5.48. The second-order valence-corrected chi connectivity index (χ2v) is 5.17. The molecule has 0 aromatic heterocycles. The predicted molar refractivity (Wildman–Crippen MR) is 73.1 cm³/mol. The summed E-state index contributed by atoms with van der Waals surface area (Å²) in [4.78, 5) is 0. The first-order valence-electron chi connectivity index (χ1n) is 6.23. The van der Waals surface area contributed by atoms with Crippen LogP contribution >= 0.6 is 0 Å². The molecule has 2 heteroatoms. The number of hydrogen-bond donors (Lipinski definition) is 1. The number of benzene rings is 1. The number of nitrogens with zero attached hydrogens (tertiary/aromatic N) is 1. The number of nitriles is 1. The van der Waals surface area contributed by atoms with E-state index in [9.17, 15) is 0 Å². The first-order valence-corrected chi connectivity index (χ1v) is 6.23. The van der Waals surface area contributed by atoms with Crippen LogP contribution < -0.4 is 5.32 Å². The highest BCUT2D eigenvalue weighted by Gasteiger charge is 2.15. The van der Waals surface area contributed by atoms with E-state index in [1.807, 2.05) is 13.8 Å². The molecule has 0 unspecified atom stereocenters. The summed E-state index contributed by atoms with van der Waals surface area (Å²) in [5.41, 5.74) is 3.63. The Balaban J connectivity index is 2.54. The van der Waals surface area contributed by atoms with Crippen LogP contribution in [0.3, 0.4) is 0 Å². The summed E-state index contributed by atoms with van der Waals surface area (Å²) in [5, 5.41) is 12.3. The van der Waals surface area contributed by atoms with Gasteiger partial charge < -0.3 is 5.32 Å². The molecule has 0 heterocycles. The monoisotopic (exact) mass is 230 g/mol. The largest absolute Gasteiger partial charge is 0.385 e. The summed E-state index contributed by atoms with van der Waals surface area (Å²) in [6, 6.07) is 8.79. The molecule has 0 aliphatic carbocycles. The van der Waals surface area contributed by atoms with Gasteiger partial charge in [0, 0.05) is 12.2 Å². The molecule has 0 amide bonds. The molecule has 0 saturated carbocycles. The molecule has 1 aromatic rings. The Hall–Kier alpha value is -1.49. The molecule has 17 heavy (non-hydrogen) atoms. The zero-order valence-corrected chi connectivity index (χ0v) is 11.3. The van der Waals surface area contributed by atoms with E-state index in [0.717, 1.165) is 25.1 Å². The van der Waals surface area contributed by atoms with Gasteiger partial charge in [-0.15, -0.1) is 0 Å². The van der Waals surface area contributed by atoms with E-state index in [4.69, 9.17) is 5.26 Å². The smallest absolute Gasteiger partial charge is 0.0684 e. The van der Waals surface area contributed by atoms with Gasteiger partial charge in [0.05, 0.1) is 11.5 Å². The number of rotatable bonds is 5. The Bertz CT molecular complexity index is 413. The van der Waals surface area contributed by atoms with Gasteiger partial charge in [0.15, 0.2) is 0 Å². The van der Waals surface area contributed by atoms with E-state index in [2.05, 4.69) is 43.4 Å². The van der Waals surface area contributed by atoms with Crippen molar-refractivity contribution in [3.05, 3.63) is 29.3 Å². The molecule has 0 spiro atoms. The van der Waals surface area contributed by atoms with E-state index in [1.165, 1.54) is 11.1 Å². The number of aryl methyl sites for hydroxylation is 2. The predicted octanol–water partition coefficient (Wildman–Crippen LogP) is 3.91. The van der Waals surface area contributed by atoms with E-state index in [-0.39, 0.29) is 5.41 Å². The van der Waals surface area contributed by atoms with Crippen LogP contribution in [0.5, 0.6) is 0 Å².